The Morgan fingerprint density at radius 1 is 1.08 bits per heavy atom. The van der Waals surface area contributed by atoms with Crippen LogP contribution in [0.5, 0.6) is 11.5 Å². The number of ether oxygens (including phenoxy) is 1. The molecule has 5 nitrogen and oxygen atoms in total. The van der Waals surface area contributed by atoms with E-state index in [9.17, 15) is 8.42 Å². The van der Waals surface area contributed by atoms with Gasteiger partial charge in [-0.1, -0.05) is 24.9 Å². The van der Waals surface area contributed by atoms with E-state index in [1.54, 1.807) is 36.5 Å². The van der Waals surface area contributed by atoms with Crippen LogP contribution in [0.1, 0.15) is 19.8 Å². The van der Waals surface area contributed by atoms with Crippen molar-refractivity contribution in [3.8, 4) is 11.5 Å². The molecule has 0 radical (unpaired) electrons. The zero-order valence-electron chi connectivity index (χ0n) is 14.2. The van der Waals surface area contributed by atoms with Gasteiger partial charge in [-0.3, -0.25) is 4.98 Å². The lowest BCUT2D eigenvalue weighted by Gasteiger charge is -2.10. The Morgan fingerprint density at radius 3 is 2.58 bits per heavy atom. The van der Waals surface area contributed by atoms with Crippen LogP contribution < -0.4 is 8.92 Å². The van der Waals surface area contributed by atoms with E-state index in [2.05, 4.69) is 11.9 Å². The summed E-state index contributed by atoms with van der Waals surface area (Å²) in [5.41, 5.74) is 0.392. The van der Waals surface area contributed by atoms with Gasteiger partial charge in [-0.25, -0.2) is 0 Å². The molecule has 0 aliphatic rings. The van der Waals surface area contributed by atoms with Gasteiger partial charge in [0.2, 0.25) is 0 Å². The van der Waals surface area contributed by atoms with Crippen LogP contribution >= 0.6 is 11.6 Å². The van der Waals surface area contributed by atoms with Crippen molar-refractivity contribution >= 4 is 32.6 Å². The van der Waals surface area contributed by atoms with Crippen molar-refractivity contribution in [3.05, 3.63) is 59.8 Å². The average molecular weight is 392 g/mol. The lowest BCUT2D eigenvalue weighted by atomic mass is 10.2. The van der Waals surface area contributed by atoms with E-state index < -0.39 is 10.1 Å². The molecule has 136 valence electrons. The molecule has 7 heteroatoms. The van der Waals surface area contributed by atoms with Gasteiger partial charge in [0.25, 0.3) is 0 Å². The van der Waals surface area contributed by atoms with Gasteiger partial charge >= 0.3 is 10.1 Å². The molecule has 26 heavy (non-hydrogen) atoms. The highest BCUT2D eigenvalue weighted by Crippen LogP contribution is 2.31. The fourth-order valence-corrected chi connectivity index (χ4v) is 3.53. The summed E-state index contributed by atoms with van der Waals surface area (Å²) >= 11 is 6.13. The summed E-state index contributed by atoms with van der Waals surface area (Å²) in [6.45, 7) is 2.67. The summed E-state index contributed by atoms with van der Waals surface area (Å²) in [5.74, 6) is 0.754. The number of benzene rings is 2. The van der Waals surface area contributed by atoms with Crippen LogP contribution in [0.15, 0.2) is 59.6 Å². The predicted molar refractivity (Wildman–Crippen MR) is 101 cm³/mol. The van der Waals surface area contributed by atoms with Crippen LogP contribution in [0.2, 0.25) is 5.02 Å². The molecule has 1 aromatic heterocycles. The molecule has 0 aliphatic heterocycles. The average Bonchev–Trinajstić information content (AvgIpc) is 2.65. The summed E-state index contributed by atoms with van der Waals surface area (Å²) < 4.78 is 36.0. The van der Waals surface area contributed by atoms with Crippen LogP contribution in [0, 0.1) is 0 Å². The van der Waals surface area contributed by atoms with Crippen molar-refractivity contribution in [2.75, 3.05) is 6.61 Å². The first-order valence-corrected chi connectivity index (χ1v) is 10.0. The standard InChI is InChI=1S/C19H18ClNO4S/c1-2-3-13-24-14-6-8-15(9-7-14)26(22,23)25-18-11-10-17(20)16-5-4-12-21-19(16)18/h4-12H,2-3,13H2,1H3. The first-order chi connectivity index (χ1) is 12.5. The Labute approximate surface area is 157 Å². The second kappa shape index (κ2) is 7.93. The monoisotopic (exact) mass is 391 g/mol. The smallest absolute Gasteiger partial charge is 0.339 e. The third-order valence-corrected chi connectivity index (χ3v) is 5.34. The molecule has 0 aliphatic carbocycles. The third kappa shape index (κ3) is 4.08. The quantitative estimate of drug-likeness (QED) is 0.426. The second-order valence-corrected chi connectivity index (χ2v) is 7.61. The number of aromatic nitrogens is 1. The molecule has 0 amide bonds. The zero-order valence-corrected chi connectivity index (χ0v) is 15.8. The lowest BCUT2D eigenvalue weighted by Crippen LogP contribution is -2.10. The third-order valence-electron chi connectivity index (χ3n) is 3.76. The van der Waals surface area contributed by atoms with E-state index in [0.717, 1.165) is 12.8 Å². The van der Waals surface area contributed by atoms with Crippen LogP contribution in [0.3, 0.4) is 0 Å². The van der Waals surface area contributed by atoms with Crippen LogP contribution in [0.4, 0.5) is 0 Å². The summed E-state index contributed by atoms with van der Waals surface area (Å²) in [6.07, 6.45) is 3.53. The Hall–Kier alpha value is -2.31. The predicted octanol–water partition coefficient (Wildman–Crippen LogP) is 4.83. The Morgan fingerprint density at radius 2 is 1.85 bits per heavy atom. The van der Waals surface area contributed by atoms with Gasteiger partial charge in [-0.15, -0.1) is 0 Å². The summed E-state index contributed by atoms with van der Waals surface area (Å²) in [7, 11) is -4.00. The molecule has 1 heterocycles. The molecule has 0 spiro atoms. The van der Waals surface area contributed by atoms with Crippen molar-refractivity contribution in [1.82, 2.24) is 4.98 Å². The van der Waals surface area contributed by atoms with Crippen molar-refractivity contribution in [2.45, 2.75) is 24.7 Å². The highest BCUT2D eigenvalue weighted by Gasteiger charge is 2.19. The number of pyridine rings is 1. The summed E-state index contributed by atoms with van der Waals surface area (Å²) in [5, 5.41) is 1.10. The molecule has 2 aromatic carbocycles. The molecule has 3 rings (SSSR count). The van der Waals surface area contributed by atoms with E-state index >= 15 is 0 Å². The largest absolute Gasteiger partial charge is 0.494 e. The number of halogens is 1. The zero-order chi connectivity index (χ0) is 18.6. The van der Waals surface area contributed by atoms with Gasteiger partial charge in [-0.2, -0.15) is 8.42 Å². The Balaban J connectivity index is 1.84. The van der Waals surface area contributed by atoms with Gasteiger partial charge < -0.3 is 8.92 Å². The summed E-state index contributed by atoms with van der Waals surface area (Å²) in [4.78, 5) is 4.22. The molecule has 0 saturated carbocycles. The molecular weight excluding hydrogens is 374 g/mol. The second-order valence-electron chi connectivity index (χ2n) is 5.66. The normalized spacial score (nSPS) is 11.5. The fraction of sp³-hybridized carbons (Fsp3) is 0.211. The molecule has 3 aromatic rings. The molecule has 0 fully saturated rings. The number of rotatable bonds is 7. The van der Waals surface area contributed by atoms with Crippen LogP contribution in [0.25, 0.3) is 10.9 Å². The van der Waals surface area contributed by atoms with E-state index in [4.69, 9.17) is 20.5 Å². The maximum atomic E-state index is 12.6. The molecular formula is C19H18ClNO4S. The van der Waals surface area contributed by atoms with Crippen molar-refractivity contribution in [3.63, 3.8) is 0 Å². The number of hydrogen-bond acceptors (Lipinski definition) is 5. The molecule has 0 bridgehead atoms. The number of fused-ring (bicyclic) bond motifs is 1. The molecule has 0 atom stereocenters. The van der Waals surface area contributed by atoms with Crippen molar-refractivity contribution < 1.29 is 17.3 Å². The SMILES string of the molecule is CCCCOc1ccc(S(=O)(=O)Oc2ccc(Cl)c3cccnc23)cc1. The number of unbranched alkanes of at least 4 members (excludes halogenated alkanes) is 1. The Kier molecular flexibility index (Phi) is 5.64. The minimum absolute atomic E-state index is 0.0411. The van der Waals surface area contributed by atoms with Gasteiger partial charge in [-0.05, 0) is 55.0 Å². The first kappa shape index (κ1) is 18.5. The van der Waals surface area contributed by atoms with Gasteiger partial charge in [0.1, 0.15) is 16.2 Å². The maximum Gasteiger partial charge on any atom is 0.339 e. The highest BCUT2D eigenvalue weighted by atomic mass is 35.5. The van der Waals surface area contributed by atoms with E-state index in [1.165, 1.54) is 18.2 Å². The molecule has 0 unspecified atom stereocenters. The molecule has 0 N–H and O–H groups in total. The minimum Gasteiger partial charge on any atom is -0.494 e. The highest BCUT2D eigenvalue weighted by molar-refractivity contribution is 7.87. The number of nitrogens with zero attached hydrogens (tertiary/aromatic N) is 1. The fourth-order valence-electron chi connectivity index (χ4n) is 2.38. The molecule has 0 saturated heterocycles. The van der Waals surface area contributed by atoms with Gasteiger partial charge in [0.15, 0.2) is 5.75 Å². The van der Waals surface area contributed by atoms with E-state index in [-0.39, 0.29) is 10.6 Å². The van der Waals surface area contributed by atoms with E-state index in [1.807, 2.05) is 0 Å². The lowest BCUT2D eigenvalue weighted by molar-refractivity contribution is 0.309. The first-order valence-electron chi connectivity index (χ1n) is 8.22. The Bertz CT molecular complexity index is 1000. The maximum absolute atomic E-state index is 12.6. The van der Waals surface area contributed by atoms with Gasteiger partial charge in [0.05, 0.1) is 11.6 Å². The minimum atomic E-state index is -4.00. The van der Waals surface area contributed by atoms with Crippen molar-refractivity contribution in [1.29, 1.82) is 0 Å². The summed E-state index contributed by atoms with van der Waals surface area (Å²) in [6, 6.07) is 12.7. The van der Waals surface area contributed by atoms with Crippen LogP contribution in [-0.4, -0.2) is 20.0 Å². The van der Waals surface area contributed by atoms with E-state index in [0.29, 0.717) is 28.3 Å². The van der Waals surface area contributed by atoms with Gasteiger partial charge in [0, 0.05) is 11.6 Å². The van der Waals surface area contributed by atoms with Crippen LogP contribution in [-0.2, 0) is 10.1 Å². The topological polar surface area (TPSA) is 65.5 Å². The number of hydrogen-bond donors (Lipinski definition) is 0. The van der Waals surface area contributed by atoms with Crippen molar-refractivity contribution in [2.24, 2.45) is 0 Å².